The van der Waals surface area contributed by atoms with Crippen LogP contribution in [0.5, 0.6) is 17.2 Å². The van der Waals surface area contributed by atoms with Crippen molar-refractivity contribution in [1.29, 1.82) is 0 Å². The lowest BCUT2D eigenvalue weighted by atomic mass is 10.0. The molecule has 0 N–H and O–H groups in total. The summed E-state index contributed by atoms with van der Waals surface area (Å²) < 4.78 is 17.5. The van der Waals surface area contributed by atoms with Crippen molar-refractivity contribution in [3.63, 3.8) is 0 Å². The maximum atomic E-state index is 12.6. The topological polar surface area (TPSA) is 44.8 Å². The quantitative estimate of drug-likeness (QED) is 0.108. The molecule has 0 radical (unpaired) electrons. The molecule has 0 aliphatic heterocycles. The van der Waals surface area contributed by atoms with Crippen LogP contribution in [0, 0.1) is 5.92 Å². The number of carbonyl (C=O) groups is 1. The fraction of sp³-hybridized carbons (Fsp3) is 0.441. The second kappa shape index (κ2) is 15.9. The summed E-state index contributed by atoms with van der Waals surface area (Å²) >= 11 is 0. The molecule has 1 unspecified atom stereocenters. The fourth-order valence-corrected chi connectivity index (χ4v) is 4.27. The Kier molecular flexibility index (Phi) is 12.2. The van der Waals surface area contributed by atoms with E-state index in [1.165, 1.54) is 38.5 Å². The van der Waals surface area contributed by atoms with Crippen molar-refractivity contribution in [2.75, 3.05) is 6.61 Å². The minimum absolute atomic E-state index is 0.159. The maximum Gasteiger partial charge on any atom is 0.343 e. The number of rotatable bonds is 16. The van der Waals surface area contributed by atoms with Gasteiger partial charge in [-0.1, -0.05) is 70.7 Å². The summed E-state index contributed by atoms with van der Waals surface area (Å²) in [6.07, 6.45) is 9.62. The van der Waals surface area contributed by atoms with E-state index in [-0.39, 0.29) is 12.1 Å². The molecule has 0 aromatic heterocycles. The Labute approximate surface area is 229 Å². The molecule has 0 spiro atoms. The molecule has 4 heteroatoms. The average molecular weight is 517 g/mol. The lowest BCUT2D eigenvalue weighted by Gasteiger charge is -2.14. The molecule has 0 bridgehead atoms. The van der Waals surface area contributed by atoms with Crippen LogP contribution in [0.2, 0.25) is 0 Å². The maximum absolute atomic E-state index is 12.6. The Morgan fingerprint density at radius 1 is 0.684 bits per heavy atom. The molecule has 0 amide bonds. The monoisotopic (exact) mass is 516 g/mol. The Bertz CT molecular complexity index is 1070. The van der Waals surface area contributed by atoms with E-state index in [1.807, 2.05) is 48.5 Å². The van der Waals surface area contributed by atoms with E-state index in [0.717, 1.165) is 48.0 Å². The van der Waals surface area contributed by atoms with Gasteiger partial charge in [0, 0.05) is 0 Å². The third-order valence-electron chi connectivity index (χ3n) is 6.95. The third-order valence-corrected chi connectivity index (χ3v) is 6.95. The first-order chi connectivity index (χ1) is 18.5. The molecule has 204 valence electrons. The number of carbonyl (C=O) groups excluding carboxylic acids is 1. The number of hydrogen-bond acceptors (Lipinski definition) is 4. The predicted molar refractivity (Wildman–Crippen MR) is 156 cm³/mol. The highest BCUT2D eigenvalue weighted by molar-refractivity contribution is 5.91. The van der Waals surface area contributed by atoms with Gasteiger partial charge in [-0.15, -0.1) is 0 Å². The lowest BCUT2D eigenvalue weighted by Crippen LogP contribution is -2.12. The van der Waals surface area contributed by atoms with Crippen LogP contribution < -0.4 is 14.2 Å². The highest BCUT2D eigenvalue weighted by Gasteiger charge is 2.11. The number of ether oxygens (including phenoxy) is 3. The van der Waals surface area contributed by atoms with E-state index in [4.69, 9.17) is 14.2 Å². The molecule has 0 saturated carbocycles. The summed E-state index contributed by atoms with van der Waals surface area (Å²) in [6.45, 7) is 9.57. The molecule has 38 heavy (non-hydrogen) atoms. The normalized spacial score (nSPS) is 12.5. The zero-order valence-electron chi connectivity index (χ0n) is 23.6. The fourth-order valence-electron chi connectivity index (χ4n) is 4.27. The van der Waals surface area contributed by atoms with Crippen molar-refractivity contribution >= 4 is 5.97 Å². The van der Waals surface area contributed by atoms with Crippen LogP contribution in [-0.4, -0.2) is 18.7 Å². The van der Waals surface area contributed by atoms with E-state index in [0.29, 0.717) is 11.3 Å². The van der Waals surface area contributed by atoms with Gasteiger partial charge in [0.2, 0.25) is 0 Å². The SMILES string of the molecule is CCCCCC[C@@H](C)Oc1ccc(C(=O)Oc2ccc(-c3ccc(OCCCC(C)CC)cc3)cc2)cc1. The van der Waals surface area contributed by atoms with Gasteiger partial charge < -0.3 is 14.2 Å². The van der Waals surface area contributed by atoms with Crippen molar-refractivity contribution in [3.05, 3.63) is 78.4 Å². The van der Waals surface area contributed by atoms with E-state index < -0.39 is 0 Å². The van der Waals surface area contributed by atoms with E-state index in [2.05, 4.69) is 39.8 Å². The van der Waals surface area contributed by atoms with Gasteiger partial charge >= 0.3 is 5.97 Å². The van der Waals surface area contributed by atoms with Crippen molar-refractivity contribution in [3.8, 4) is 28.4 Å². The molecule has 3 aromatic rings. The van der Waals surface area contributed by atoms with Crippen LogP contribution in [0.25, 0.3) is 11.1 Å². The molecule has 4 nitrogen and oxygen atoms in total. The standard InChI is InChI=1S/C34H44O4/c1-5-7-8-9-12-27(4)37-32-23-17-30(18-24-32)34(35)38-33-21-15-29(16-22-33)28-13-19-31(20-14-28)36-25-10-11-26(3)6-2/h13-24,26-27H,5-12,25H2,1-4H3/t26?,27-/m1/s1. The summed E-state index contributed by atoms with van der Waals surface area (Å²) in [7, 11) is 0. The van der Waals surface area contributed by atoms with Crippen LogP contribution in [0.15, 0.2) is 72.8 Å². The Morgan fingerprint density at radius 2 is 1.29 bits per heavy atom. The summed E-state index contributed by atoms with van der Waals surface area (Å²) in [5.74, 6) is 2.55. The Morgan fingerprint density at radius 3 is 1.89 bits per heavy atom. The van der Waals surface area contributed by atoms with E-state index in [1.54, 1.807) is 12.1 Å². The molecule has 2 atom stereocenters. The third kappa shape index (κ3) is 9.89. The van der Waals surface area contributed by atoms with Gasteiger partial charge in [0.1, 0.15) is 17.2 Å². The molecule has 3 rings (SSSR count). The van der Waals surface area contributed by atoms with E-state index in [9.17, 15) is 4.79 Å². The van der Waals surface area contributed by atoms with E-state index >= 15 is 0 Å². The second-order valence-electron chi connectivity index (χ2n) is 10.2. The van der Waals surface area contributed by atoms with Gasteiger partial charge in [-0.3, -0.25) is 0 Å². The highest BCUT2D eigenvalue weighted by atomic mass is 16.5. The Hall–Kier alpha value is -3.27. The van der Waals surface area contributed by atoms with Crippen molar-refractivity contribution in [2.45, 2.75) is 85.2 Å². The number of hydrogen-bond donors (Lipinski definition) is 0. The minimum Gasteiger partial charge on any atom is -0.494 e. The molecule has 0 aliphatic carbocycles. The first kappa shape index (κ1) is 29.3. The summed E-state index contributed by atoms with van der Waals surface area (Å²) in [6, 6.07) is 22.9. The van der Waals surface area contributed by atoms with Crippen LogP contribution in [0.3, 0.4) is 0 Å². The van der Waals surface area contributed by atoms with Crippen LogP contribution in [0.1, 0.15) is 89.4 Å². The van der Waals surface area contributed by atoms with Crippen LogP contribution in [0.4, 0.5) is 0 Å². The first-order valence-electron chi connectivity index (χ1n) is 14.3. The van der Waals surface area contributed by atoms with Gasteiger partial charge in [-0.05, 0) is 98.2 Å². The van der Waals surface area contributed by atoms with Crippen LogP contribution in [-0.2, 0) is 0 Å². The number of unbranched alkanes of at least 4 members (excludes halogenated alkanes) is 3. The summed E-state index contributed by atoms with van der Waals surface area (Å²) in [4.78, 5) is 12.6. The highest BCUT2D eigenvalue weighted by Crippen LogP contribution is 2.26. The summed E-state index contributed by atoms with van der Waals surface area (Å²) in [5.41, 5.74) is 2.64. The Balaban J connectivity index is 1.46. The smallest absolute Gasteiger partial charge is 0.343 e. The largest absolute Gasteiger partial charge is 0.494 e. The van der Waals surface area contributed by atoms with Gasteiger partial charge in [0.15, 0.2) is 0 Å². The van der Waals surface area contributed by atoms with Crippen molar-refractivity contribution in [2.24, 2.45) is 5.92 Å². The van der Waals surface area contributed by atoms with Gasteiger partial charge in [-0.2, -0.15) is 0 Å². The molecule has 0 aliphatic rings. The van der Waals surface area contributed by atoms with Crippen LogP contribution >= 0.6 is 0 Å². The second-order valence-corrected chi connectivity index (χ2v) is 10.2. The van der Waals surface area contributed by atoms with Gasteiger partial charge in [-0.25, -0.2) is 4.79 Å². The zero-order valence-corrected chi connectivity index (χ0v) is 23.6. The minimum atomic E-state index is -0.383. The molecular weight excluding hydrogens is 472 g/mol. The zero-order chi connectivity index (χ0) is 27.2. The molecular formula is C34H44O4. The predicted octanol–water partition coefficient (Wildman–Crippen LogP) is 9.52. The van der Waals surface area contributed by atoms with Crippen molar-refractivity contribution < 1.29 is 19.0 Å². The number of esters is 1. The lowest BCUT2D eigenvalue weighted by molar-refractivity contribution is 0.0734. The van der Waals surface area contributed by atoms with Gasteiger partial charge in [0.25, 0.3) is 0 Å². The average Bonchev–Trinajstić information content (AvgIpc) is 2.94. The summed E-state index contributed by atoms with van der Waals surface area (Å²) in [5, 5.41) is 0. The number of benzene rings is 3. The molecule has 3 aromatic carbocycles. The molecule has 0 saturated heterocycles. The van der Waals surface area contributed by atoms with Gasteiger partial charge in [0.05, 0.1) is 18.3 Å². The first-order valence-corrected chi connectivity index (χ1v) is 14.3. The van der Waals surface area contributed by atoms with Crippen molar-refractivity contribution in [1.82, 2.24) is 0 Å². The molecule has 0 fully saturated rings. The molecule has 0 heterocycles.